The second kappa shape index (κ2) is 6.75. The van der Waals surface area contributed by atoms with Gasteiger partial charge in [0, 0.05) is 20.2 Å². The largest absolute Gasteiger partial charge is 0.376 e. The molecule has 1 aliphatic heterocycles. The Morgan fingerprint density at radius 1 is 1.67 bits per heavy atom. The first-order valence-electron chi connectivity index (χ1n) is 6.11. The van der Waals surface area contributed by atoms with Gasteiger partial charge in [-0.05, 0) is 19.3 Å². The summed E-state index contributed by atoms with van der Waals surface area (Å²) in [4.78, 5) is 11.6. The molecule has 7 heteroatoms. The van der Waals surface area contributed by atoms with E-state index in [0.29, 0.717) is 12.3 Å². The molecule has 0 aliphatic carbocycles. The summed E-state index contributed by atoms with van der Waals surface area (Å²) in [6, 6.07) is 0. The first kappa shape index (κ1) is 13.4. The van der Waals surface area contributed by atoms with E-state index in [1.54, 1.807) is 10.9 Å². The van der Waals surface area contributed by atoms with Crippen molar-refractivity contribution >= 4 is 17.7 Å². The normalized spacial score (nSPS) is 19.7. The van der Waals surface area contributed by atoms with Gasteiger partial charge in [0.05, 0.1) is 11.9 Å². The molecule has 18 heavy (non-hydrogen) atoms. The first-order valence-corrected chi connectivity index (χ1v) is 7.09. The molecule has 0 aromatic carbocycles. The lowest BCUT2D eigenvalue weighted by molar-refractivity contribution is -0.119. The molecule has 0 bridgehead atoms. The number of carbonyl (C=O) groups is 1. The lowest BCUT2D eigenvalue weighted by atomic mass is 10.1. The molecule has 6 nitrogen and oxygen atoms in total. The van der Waals surface area contributed by atoms with E-state index in [4.69, 9.17) is 4.74 Å². The number of hydrogen-bond donors (Lipinski definition) is 1. The van der Waals surface area contributed by atoms with Crippen LogP contribution in [0.15, 0.2) is 11.5 Å². The van der Waals surface area contributed by atoms with Gasteiger partial charge >= 0.3 is 0 Å². The van der Waals surface area contributed by atoms with Crippen LogP contribution in [0.5, 0.6) is 0 Å². The van der Waals surface area contributed by atoms with Gasteiger partial charge in [-0.3, -0.25) is 4.79 Å². The van der Waals surface area contributed by atoms with Gasteiger partial charge in [0.25, 0.3) is 0 Å². The number of nitrogens with zero attached hydrogens (tertiary/aromatic N) is 3. The summed E-state index contributed by atoms with van der Waals surface area (Å²) in [6.07, 6.45) is 5.16. The Kier molecular flexibility index (Phi) is 5.00. The highest BCUT2D eigenvalue weighted by Crippen LogP contribution is 2.13. The van der Waals surface area contributed by atoms with Crippen LogP contribution >= 0.6 is 11.8 Å². The number of aromatic nitrogens is 3. The molecule has 100 valence electrons. The van der Waals surface area contributed by atoms with E-state index in [-0.39, 0.29) is 12.0 Å². The van der Waals surface area contributed by atoms with Gasteiger partial charge in [-0.2, -0.15) is 0 Å². The minimum Gasteiger partial charge on any atom is -0.376 e. The van der Waals surface area contributed by atoms with Gasteiger partial charge in [-0.15, -0.1) is 10.2 Å². The van der Waals surface area contributed by atoms with Crippen LogP contribution in [0.25, 0.3) is 0 Å². The predicted octanol–water partition coefficient (Wildman–Crippen LogP) is 0.592. The van der Waals surface area contributed by atoms with E-state index in [0.717, 1.165) is 24.6 Å². The Morgan fingerprint density at radius 2 is 2.56 bits per heavy atom. The van der Waals surface area contributed by atoms with Crippen LogP contribution in [0.3, 0.4) is 0 Å². The molecule has 1 atom stereocenters. The average Bonchev–Trinajstić information content (AvgIpc) is 2.81. The Hall–Kier alpha value is -1.08. The van der Waals surface area contributed by atoms with E-state index in [1.165, 1.54) is 18.2 Å². The fourth-order valence-electron chi connectivity index (χ4n) is 1.78. The van der Waals surface area contributed by atoms with Crippen LogP contribution in [0.4, 0.5) is 0 Å². The van der Waals surface area contributed by atoms with E-state index in [2.05, 4.69) is 15.5 Å². The van der Waals surface area contributed by atoms with E-state index in [1.807, 2.05) is 7.05 Å². The quantitative estimate of drug-likeness (QED) is 0.793. The molecule has 1 unspecified atom stereocenters. The molecular formula is C11H18N4O2S. The average molecular weight is 270 g/mol. The second-order valence-corrected chi connectivity index (χ2v) is 5.25. The molecule has 0 saturated carbocycles. The van der Waals surface area contributed by atoms with Crippen molar-refractivity contribution in [3.05, 3.63) is 6.33 Å². The summed E-state index contributed by atoms with van der Waals surface area (Å²) in [5, 5.41) is 11.3. The molecule has 2 rings (SSSR count). The summed E-state index contributed by atoms with van der Waals surface area (Å²) in [6.45, 7) is 1.42. The Bertz CT molecular complexity index is 390. The van der Waals surface area contributed by atoms with Crippen molar-refractivity contribution in [2.24, 2.45) is 7.05 Å². The number of hydrogen-bond acceptors (Lipinski definition) is 5. The molecule has 1 N–H and O–H groups in total. The van der Waals surface area contributed by atoms with Crippen molar-refractivity contribution in [2.45, 2.75) is 30.5 Å². The zero-order chi connectivity index (χ0) is 12.8. The Morgan fingerprint density at radius 3 is 3.22 bits per heavy atom. The van der Waals surface area contributed by atoms with Crippen molar-refractivity contribution in [1.82, 2.24) is 20.1 Å². The van der Waals surface area contributed by atoms with Crippen molar-refractivity contribution in [3.8, 4) is 0 Å². The van der Waals surface area contributed by atoms with E-state index < -0.39 is 0 Å². The minimum absolute atomic E-state index is 0.0113. The SMILES string of the molecule is Cn1cnnc1SCC(=O)NCC1CCCCO1. The van der Waals surface area contributed by atoms with Crippen LogP contribution in [0, 0.1) is 0 Å². The number of carbonyl (C=O) groups excluding carboxylic acids is 1. The molecule has 1 amide bonds. The number of aryl methyl sites for hydroxylation is 1. The van der Waals surface area contributed by atoms with E-state index in [9.17, 15) is 4.79 Å². The molecule has 0 spiro atoms. The van der Waals surface area contributed by atoms with Crippen molar-refractivity contribution in [3.63, 3.8) is 0 Å². The van der Waals surface area contributed by atoms with Crippen LogP contribution < -0.4 is 5.32 Å². The summed E-state index contributed by atoms with van der Waals surface area (Å²) in [7, 11) is 1.86. The number of nitrogens with one attached hydrogen (secondary N) is 1. The second-order valence-electron chi connectivity index (χ2n) is 4.31. The standard InChI is InChI=1S/C11H18N4O2S/c1-15-8-13-14-11(15)18-7-10(16)12-6-9-4-2-3-5-17-9/h8-9H,2-7H2,1H3,(H,12,16). The van der Waals surface area contributed by atoms with Crippen LogP contribution in [0.2, 0.25) is 0 Å². The molecule has 1 aliphatic rings. The molecule has 1 saturated heterocycles. The lowest BCUT2D eigenvalue weighted by Crippen LogP contribution is -2.36. The summed E-state index contributed by atoms with van der Waals surface area (Å²) < 4.78 is 7.34. The van der Waals surface area contributed by atoms with Crippen LogP contribution in [-0.2, 0) is 16.6 Å². The predicted molar refractivity (Wildman–Crippen MR) is 68.3 cm³/mol. The maximum Gasteiger partial charge on any atom is 0.230 e. The molecule has 1 aromatic heterocycles. The zero-order valence-electron chi connectivity index (χ0n) is 10.5. The smallest absolute Gasteiger partial charge is 0.230 e. The van der Waals surface area contributed by atoms with Gasteiger partial charge in [-0.25, -0.2) is 0 Å². The maximum atomic E-state index is 11.6. The Balaban J connectivity index is 1.64. The first-order chi connectivity index (χ1) is 8.75. The number of thioether (sulfide) groups is 1. The third-order valence-corrected chi connectivity index (χ3v) is 3.84. The maximum absolute atomic E-state index is 11.6. The fraction of sp³-hybridized carbons (Fsp3) is 0.727. The highest BCUT2D eigenvalue weighted by molar-refractivity contribution is 7.99. The number of rotatable bonds is 5. The molecule has 2 heterocycles. The monoisotopic (exact) mass is 270 g/mol. The van der Waals surface area contributed by atoms with Crippen molar-refractivity contribution < 1.29 is 9.53 Å². The molecule has 0 radical (unpaired) electrons. The summed E-state index contributed by atoms with van der Waals surface area (Å²) in [5.74, 6) is 0.372. The minimum atomic E-state index is 0.0113. The van der Waals surface area contributed by atoms with Gasteiger partial charge in [-0.1, -0.05) is 11.8 Å². The lowest BCUT2D eigenvalue weighted by Gasteiger charge is -2.22. The third-order valence-electron chi connectivity index (χ3n) is 2.80. The fourth-order valence-corrected chi connectivity index (χ4v) is 2.50. The van der Waals surface area contributed by atoms with Gasteiger partial charge in [0.2, 0.25) is 5.91 Å². The highest BCUT2D eigenvalue weighted by atomic mass is 32.2. The van der Waals surface area contributed by atoms with Gasteiger partial charge < -0.3 is 14.6 Å². The molecular weight excluding hydrogens is 252 g/mol. The van der Waals surface area contributed by atoms with E-state index >= 15 is 0 Å². The molecule has 1 aromatic rings. The summed E-state index contributed by atoms with van der Waals surface area (Å²) >= 11 is 1.38. The topological polar surface area (TPSA) is 69.0 Å². The van der Waals surface area contributed by atoms with Crippen molar-refractivity contribution in [2.75, 3.05) is 18.9 Å². The van der Waals surface area contributed by atoms with Crippen molar-refractivity contribution in [1.29, 1.82) is 0 Å². The number of ether oxygens (including phenoxy) is 1. The Labute approximate surface area is 110 Å². The van der Waals surface area contributed by atoms with Crippen LogP contribution in [-0.4, -0.2) is 45.7 Å². The summed E-state index contributed by atoms with van der Waals surface area (Å²) in [5.41, 5.74) is 0. The number of amides is 1. The highest BCUT2D eigenvalue weighted by Gasteiger charge is 2.15. The van der Waals surface area contributed by atoms with Gasteiger partial charge in [0.1, 0.15) is 6.33 Å². The van der Waals surface area contributed by atoms with Gasteiger partial charge in [0.15, 0.2) is 5.16 Å². The van der Waals surface area contributed by atoms with Crippen LogP contribution in [0.1, 0.15) is 19.3 Å². The zero-order valence-corrected chi connectivity index (χ0v) is 11.3. The third kappa shape index (κ3) is 3.99. The molecule has 1 fully saturated rings.